The molecule has 0 bridgehead atoms. The number of aryl methyl sites for hydroxylation is 1. The fourth-order valence-electron chi connectivity index (χ4n) is 2.45. The van der Waals surface area contributed by atoms with Crippen LogP contribution in [0.2, 0.25) is 0 Å². The van der Waals surface area contributed by atoms with E-state index in [4.69, 9.17) is 4.74 Å². The number of rotatable bonds is 6. The van der Waals surface area contributed by atoms with Crippen LogP contribution in [-0.4, -0.2) is 22.5 Å². The Balaban J connectivity index is 1.51. The zero-order valence-corrected chi connectivity index (χ0v) is 14.5. The monoisotopic (exact) mass is 348 g/mol. The minimum Gasteiger partial charge on any atom is -0.457 e. The summed E-state index contributed by atoms with van der Waals surface area (Å²) in [4.78, 5) is 20.1. The van der Waals surface area contributed by atoms with Crippen LogP contribution in [0, 0.1) is 6.92 Å². The summed E-state index contributed by atoms with van der Waals surface area (Å²) >= 11 is 0. The van der Waals surface area contributed by atoms with Gasteiger partial charge < -0.3 is 15.4 Å². The minimum absolute atomic E-state index is 0.252. The Morgan fingerprint density at radius 2 is 1.85 bits per heavy atom. The Hall–Kier alpha value is -3.41. The van der Waals surface area contributed by atoms with Gasteiger partial charge in [0, 0.05) is 43.1 Å². The molecule has 0 fully saturated rings. The average molecular weight is 348 g/mol. The van der Waals surface area contributed by atoms with Crippen LogP contribution in [0.5, 0.6) is 11.5 Å². The van der Waals surface area contributed by atoms with Crippen LogP contribution in [0.15, 0.2) is 67.3 Å². The second kappa shape index (κ2) is 8.62. The highest BCUT2D eigenvalue weighted by Gasteiger charge is 2.04. The maximum absolute atomic E-state index is 12.1. The van der Waals surface area contributed by atoms with E-state index in [1.54, 1.807) is 36.8 Å². The number of amides is 2. The van der Waals surface area contributed by atoms with Gasteiger partial charge in [-0.1, -0.05) is 6.07 Å². The van der Waals surface area contributed by atoms with Gasteiger partial charge in [-0.2, -0.15) is 0 Å². The first-order valence-electron chi connectivity index (χ1n) is 8.33. The van der Waals surface area contributed by atoms with Crippen molar-refractivity contribution in [2.24, 2.45) is 0 Å². The highest BCUT2D eigenvalue weighted by molar-refractivity contribution is 5.89. The molecule has 0 aliphatic heterocycles. The molecule has 2 amide bonds. The fourth-order valence-corrected chi connectivity index (χ4v) is 2.45. The molecular formula is C20H20N4O2. The third-order valence-corrected chi connectivity index (χ3v) is 3.79. The first kappa shape index (κ1) is 17.4. The van der Waals surface area contributed by atoms with Crippen molar-refractivity contribution in [2.75, 3.05) is 11.9 Å². The summed E-state index contributed by atoms with van der Waals surface area (Å²) in [5, 5.41) is 5.67. The third-order valence-electron chi connectivity index (χ3n) is 3.79. The maximum atomic E-state index is 12.1. The quantitative estimate of drug-likeness (QED) is 0.707. The van der Waals surface area contributed by atoms with Gasteiger partial charge in [0.15, 0.2) is 0 Å². The van der Waals surface area contributed by atoms with Gasteiger partial charge in [-0.05, 0) is 54.8 Å². The average Bonchev–Trinajstić information content (AvgIpc) is 2.64. The smallest absolute Gasteiger partial charge is 0.319 e. The number of ether oxygens (including phenoxy) is 1. The van der Waals surface area contributed by atoms with E-state index in [2.05, 4.69) is 20.6 Å². The number of carbonyl (C=O) groups excluding carboxylic acids is 1. The number of anilines is 1. The van der Waals surface area contributed by atoms with E-state index < -0.39 is 0 Å². The topological polar surface area (TPSA) is 76.1 Å². The van der Waals surface area contributed by atoms with Gasteiger partial charge >= 0.3 is 6.03 Å². The number of hydrogen-bond donors (Lipinski definition) is 2. The minimum atomic E-state index is -0.252. The molecule has 0 saturated carbocycles. The summed E-state index contributed by atoms with van der Waals surface area (Å²) in [7, 11) is 0. The first-order chi connectivity index (χ1) is 12.7. The van der Waals surface area contributed by atoms with Gasteiger partial charge in [-0.3, -0.25) is 9.97 Å². The zero-order chi connectivity index (χ0) is 18.2. The SMILES string of the molecule is Cc1cnccc1CCNC(=O)Nc1cccc(Oc2ccncc2)c1. The highest BCUT2D eigenvalue weighted by Crippen LogP contribution is 2.23. The molecule has 132 valence electrons. The molecule has 6 nitrogen and oxygen atoms in total. The highest BCUT2D eigenvalue weighted by atomic mass is 16.5. The van der Waals surface area contributed by atoms with Crippen LogP contribution in [0.3, 0.4) is 0 Å². The van der Waals surface area contributed by atoms with Gasteiger partial charge in [0.1, 0.15) is 11.5 Å². The molecule has 0 atom stereocenters. The summed E-state index contributed by atoms with van der Waals surface area (Å²) < 4.78 is 5.74. The first-order valence-corrected chi connectivity index (χ1v) is 8.33. The fraction of sp³-hybridized carbons (Fsp3) is 0.150. The number of nitrogens with one attached hydrogen (secondary N) is 2. The van der Waals surface area contributed by atoms with Crippen molar-refractivity contribution in [2.45, 2.75) is 13.3 Å². The van der Waals surface area contributed by atoms with E-state index in [1.807, 2.05) is 37.4 Å². The van der Waals surface area contributed by atoms with E-state index >= 15 is 0 Å². The second-order valence-corrected chi connectivity index (χ2v) is 5.75. The second-order valence-electron chi connectivity index (χ2n) is 5.75. The number of urea groups is 1. The number of aromatic nitrogens is 2. The van der Waals surface area contributed by atoms with Gasteiger partial charge in [-0.25, -0.2) is 4.79 Å². The predicted octanol–water partition coefficient (Wildman–Crippen LogP) is 3.94. The molecule has 2 heterocycles. The lowest BCUT2D eigenvalue weighted by Crippen LogP contribution is -2.30. The van der Waals surface area contributed by atoms with Crippen molar-refractivity contribution in [3.8, 4) is 11.5 Å². The van der Waals surface area contributed by atoms with Crippen LogP contribution >= 0.6 is 0 Å². The molecule has 1 aromatic carbocycles. The van der Waals surface area contributed by atoms with Gasteiger partial charge in [0.2, 0.25) is 0 Å². The van der Waals surface area contributed by atoms with Gasteiger partial charge in [0.25, 0.3) is 0 Å². The Bertz CT molecular complexity index is 868. The summed E-state index contributed by atoms with van der Waals surface area (Å²) in [6.07, 6.45) is 7.66. The molecule has 0 aliphatic carbocycles. The van der Waals surface area contributed by atoms with Crippen LogP contribution in [-0.2, 0) is 6.42 Å². The van der Waals surface area contributed by atoms with E-state index in [0.717, 1.165) is 12.0 Å². The van der Waals surface area contributed by atoms with Crippen molar-refractivity contribution in [1.82, 2.24) is 15.3 Å². The maximum Gasteiger partial charge on any atom is 0.319 e. The van der Waals surface area contributed by atoms with Crippen LogP contribution in [0.25, 0.3) is 0 Å². The molecule has 0 spiro atoms. The van der Waals surface area contributed by atoms with E-state index in [-0.39, 0.29) is 6.03 Å². The van der Waals surface area contributed by atoms with E-state index in [1.165, 1.54) is 5.56 Å². The molecule has 0 aliphatic rings. The van der Waals surface area contributed by atoms with E-state index in [0.29, 0.717) is 23.7 Å². The summed E-state index contributed by atoms with van der Waals surface area (Å²) in [5.41, 5.74) is 2.96. The van der Waals surface area contributed by atoms with Crippen molar-refractivity contribution in [3.63, 3.8) is 0 Å². The van der Waals surface area contributed by atoms with Crippen LogP contribution < -0.4 is 15.4 Å². The molecule has 3 rings (SSSR count). The zero-order valence-electron chi connectivity index (χ0n) is 14.5. The van der Waals surface area contributed by atoms with Crippen molar-refractivity contribution in [1.29, 1.82) is 0 Å². The largest absolute Gasteiger partial charge is 0.457 e. The van der Waals surface area contributed by atoms with Crippen molar-refractivity contribution >= 4 is 11.7 Å². The van der Waals surface area contributed by atoms with Gasteiger partial charge in [0.05, 0.1) is 0 Å². The summed E-state index contributed by atoms with van der Waals surface area (Å²) in [6, 6.07) is 12.5. The number of nitrogens with zero attached hydrogens (tertiary/aromatic N) is 2. The van der Waals surface area contributed by atoms with Crippen LogP contribution in [0.1, 0.15) is 11.1 Å². The lowest BCUT2D eigenvalue weighted by molar-refractivity contribution is 0.252. The molecule has 0 unspecified atom stereocenters. The predicted molar refractivity (Wildman–Crippen MR) is 100 cm³/mol. The van der Waals surface area contributed by atoms with Crippen LogP contribution in [0.4, 0.5) is 10.5 Å². The number of benzene rings is 1. The lowest BCUT2D eigenvalue weighted by atomic mass is 10.1. The molecule has 6 heteroatoms. The molecular weight excluding hydrogens is 328 g/mol. The molecule has 2 N–H and O–H groups in total. The van der Waals surface area contributed by atoms with Crippen molar-refractivity contribution in [3.05, 3.63) is 78.4 Å². The van der Waals surface area contributed by atoms with Crippen molar-refractivity contribution < 1.29 is 9.53 Å². The summed E-state index contributed by atoms with van der Waals surface area (Å²) in [6.45, 7) is 2.56. The lowest BCUT2D eigenvalue weighted by Gasteiger charge is -2.10. The number of carbonyl (C=O) groups is 1. The third kappa shape index (κ3) is 5.04. The molecule has 26 heavy (non-hydrogen) atoms. The Labute approximate surface area is 152 Å². The Kier molecular flexibility index (Phi) is 5.77. The Morgan fingerprint density at radius 3 is 2.65 bits per heavy atom. The molecule has 0 radical (unpaired) electrons. The normalized spacial score (nSPS) is 10.2. The Morgan fingerprint density at radius 1 is 1.04 bits per heavy atom. The van der Waals surface area contributed by atoms with Gasteiger partial charge in [-0.15, -0.1) is 0 Å². The molecule has 3 aromatic rings. The summed E-state index contributed by atoms with van der Waals surface area (Å²) in [5.74, 6) is 1.33. The molecule has 2 aromatic heterocycles. The standard InChI is InChI=1S/C20H20N4O2/c1-15-14-22-9-5-16(15)6-12-23-20(25)24-17-3-2-4-19(13-17)26-18-7-10-21-11-8-18/h2-5,7-11,13-14H,6,12H2,1H3,(H2,23,24,25). The number of hydrogen-bond acceptors (Lipinski definition) is 4. The number of pyridine rings is 2. The van der Waals surface area contributed by atoms with E-state index in [9.17, 15) is 4.79 Å². The molecule has 0 saturated heterocycles.